The van der Waals surface area contributed by atoms with Crippen LogP contribution in [0.25, 0.3) is 21.0 Å². The Morgan fingerprint density at radius 3 is 2.75 bits per heavy atom. The number of halogens is 1. The Labute approximate surface area is 141 Å². The minimum Gasteiger partial charge on any atom is -0.319 e. The molecule has 0 unspecified atom stereocenters. The third-order valence-corrected chi connectivity index (χ3v) is 5.15. The Bertz CT molecular complexity index is 1160. The van der Waals surface area contributed by atoms with Gasteiger partial charge in [0.15, 0.2) is 4.80 Å². The van der Waals surface area contributed by atoms with Crippen molar-refractivity contribution in [3.8, 4) is 0 Å². The van der Waals surface area contributed by atoms with Gasteiger partial charge >= 0.3 is 0 Å². The summed E-state index contributed by atoms with van der Waals surface area (Å²) in [7, 11) is 1.88. The highest BCUT2D eigenvalue weighted by Crippen LogP contribution is 2.27. The summed E-state index contributed by atoms with van der Waals surface area (Å²) in [6.45, 7) is 0. The van der Waals surface area contributed by atoms with Gasteiger partial charge in [0.25, 0.3) is 5.91 Å². The maximum Gasteiger partial charge on any atom is 0.279 e. The van der Waals surface area contributed by atoms with E-state index < -0.39 is 11.7 Å². The van der Waals surface area contributed by atoms with Gasteiger partial charge in [-0.2, -0.15) is 4.99 Å². The number of aryl methyl sites for hydroxylation is 1. The standard InChI is InChI=1S/C19H13FN2OS/c1-22-16-10-9-12-5-2-3-8-15(12)17(16)24-19(22)21-18(23)13-6-4-7-14(20)11-13/h2-11H,1H3. The molecular formula is C19H13FN2OS. The lowest BCUT2D eigenvalue weighted by Gasteiger charge is -1.99. The molecule has 0 N–H and O–H groups in total. The first-order valence-corrected chi connectivity index (χ1v) is 8.27. The van der Waals surface area contributed by atoms with Crippen molar-refractivity contribution in [2.45, 2.75) is 0 Å². The molecule has 118 valence electrons. The van der Waals surface area contributed by atoms with Crippen molar-refractivity contribution in [1.82, 2.24) is 4.57 Å². The van der Waals surface area contributed by atoms with Gasteiger partial charge in [0.1, 0.15) is 5.82 Å². The lowest BCUT2D eigenvalue weighted by Crippen LogP contribution is -2.13. The van der Waals surface area contributed by atoms with Crippen LogP contribution in [-0.2, 0) is 7.05 Å². The fraction of sp³-hybridized carbons (Fsp3) is 0.0526. The number of hydrogen-bond donors (Lipinski definition) is 0. The van der Waals surface area contributed by atoms with Crippen molar-refractivity contribution in [3.63, 3.8) is 0 Å². The highest BCUT2D eigenvalue weighted by atomic mass is 32.1. The summed E-state index contributed by atoms with van der Waals surface area (Å²) in [5.74, 6) is -0.885. The van der Waals surface area contributed by atoms with Gasteiger partial charge in [0.05, 0.1) is 10.2 Å². The molecule has 0 bridgehead atoms. The van der Waals surface area contributed by atoms with Gasteiger partial charge in [-0.1, -0.05) is 47.7 Å². The summed E-state index contributed by atoms with van der Waals surface area (Å²) in [6, 6.07) is 17.8. The summed E-state index contributed by atoms with van der Waals surface area (Å²) in [5.41, 5.74) is 1.27. The molecule has 5 heteroatoms. The maximum absolute atomic E-state index is 13.3. The average Bonchev–Trinajstić information content (AvgIpc) is 2.91. The molecule has 0 aliphatic heterocycles. The fourth-order valence-electron chi connectivity index (χ4n) is 2.74. The molecule has 0 aliphatic rings. The first-order valence-electron chi connectivity index (χ1n) is 7.45. The van der Waals surface area contributed by atoms with E-state index in [1.54, 1.807) is 6.07 Å². The molecule has 3 nitrogen and oxygen atoms in total. The predicted molar refractivity (Wildman–Crippen MR) is 94.6 cm³/mol. The second-order valence-electron chi connectivity index (χ2n) is 5.51. The van der Waals surface area contributed by atoms with Crippen LogP contribution in [0.3, 0.4) is 0 Å². The SMILES string of the molecule is Cn1c(=NC(=O)c2cccc(F)c2)sc2c3ccccc3ccc21. The van der Waals surface area contributed by atoms with E-state index in [2.05, 4.69) is 23.2 Å². The van der Waals surface area contributed by atoms with E-state index in [4.69, 9.17) is 0 Å². The van der Waals surface area contributed by atoms with Gasteiger partial charge in [-0.3, -0.25) is 4.79 Å². The van der Waals surface area contributed by atoms with Gasteiger partial charge in [-0.25, -0.2) is 4.39 Å². The molecule has 0 aliphatic carbocycles. The van der Waals surface area contributed by atoms with Crippen molar-refractivity contribution in [3.05, 3.63) is 76.8 Å². The summed E-state index contributed by atoms with van der Waals surface area (Å²) < 4.78 is 16.3. The smallest absolute Gasteiger partial charge is 0.279 e. The van der Waals surface area contributed by atoms with E-state index >= 15 is 0 Å². The minimum absolute atomic E-state index is 0.248. The fourth-order valence-corrected chi connectivity index (χ4v) is 3.89. The summed E-state index contributed by atoms with van der Waals surface area (Å²) in [5, 5.41) is 2.28. The molecule has 0 spiro atoms. The van der Waals surface area contributed by atoms with Crippen molar-refractivity contribution < 1.29 is 9.18 Å². The highest BCUT2D eigenvalue weighted by Gasteiger charge is 2.09. The van der Waals surface area contributed by atoms with Crippen LogP contribution >= 0.6 is 11.3 Å². The Hall–Kier alpha value is -2.79. The molecule has 1 amide bonds. The number of fused-ring (bicyclic) bond motifs is 3. The van der Waals surface area contributed by atoms with Crippen LogP contribution in [-0.4, -0.2) is 10.5 Å². The summed E-state index contributed by atoms with van der Waals surface area (Å²) >= 11 is 1.46. The van der Waals surface area contributed by atoms with E-state index in [1.165, 1.54) is 29.5 Å². The van der Waals surface area contributed by atoms with E-state index in [1.807, 2.05) is 29.8 Å². The molecule has 3 aromatic carbocycles. The van der Waals surface area contributed by atoms with E-state index in [-0.39, 0.29) is 5.56 Å². The van der Waals surface area contributed by atoms with Crippen LogP contribution < -0.4 is 4.80 Å². The van der Waals surface area contributed by atoms with E-state index in [0.29, 0.717) is 4.80 Å². The van der Waals surface area contributed by atoms with Crippen LogP contribution in [0.1, 0.15) is 10.4 Å². The van der Waals surface area contributed by atoms with Crippen LogP contribution in [0.2, 0.25) is 0 Å². The Balaban J connectivity index is 1.92. The van der Waals surface area contributed by atoms with Gasteiger partial charge in [0.2, 0.25) is 0 Å². The normalized spacial score (nSPS) is 12.2. The number of thiazole rings is 1. The number of hydrogen-bond acceptors (Lipinski definition) is 2. The first-order chi connectivity index (χ1) is 11.6. The van der Waals surface area contributed by atoms with Crippen LogP contribution in [0.15, 0.2) is 65.7 Å². The van der Waals surface area contributed by atoms with Crippen molar-refractivity contribution in [2.75, 3.05) is 0 Å². The topological polar surface area (TPSA) is 34.4 Å². The number of nitrogens with zero attached hydrogens (tertiary/aromatic N) is 2. The number of benzene rings is 3. The van der Waals surface area contributed by atoms with Crippen molar-refractivity contribution in [1.29, 1.82) is 0 Å². The van der Waals surface area contributed by atoms with Crippen LogP contribution in [0, 0.1) is 5.82 Å². The highest BCUT2D eigenvalue weighted by molar-refractivity contribution is 7.17. The zero-order valence-corrected chi connectivity index (χ0v) is 13.7. The van der Waals surface area contributed by atoms with Crippen LogP contribution in [0.4, 0.5) is 4.39 Å². The van der Waals surface area contributed by atoms with Gasteiger partial charge in [0, 0.05) is 18.0 Å². The average molecular weight is 336 g/mol. The quantitative estimate of drug-likeness (QED) is 0.511. The van der Waals surface area contributed by atoms with Gasteiger partial charge in [-0.05, 0) is 29.7 Å². The molecule has 4 aromatic rings. The first kappa shape index (κ1) is 14.8. The number of amides is 1. The molecule has 24 heavy (non-hydrogen) atoms. The maximum atomic E-state index is 13.3. The van der Waals surface area contributed by atoms with Crippen LogP contribution in [0.5, 0.6) is 0 Å². The Kier molecular flexibility index (Phi) is 3.50. The largest absolute Gasteiger partial charge is 0.319 e. The lowest BCUT2D eigenvalue weighted by molar-refractivity contribution is 0.0997. The lowest BCUT2D eigenvalue weighted by atomic mass is 10.1. The molecule has 0 saturated heterocycles. The molecule has 0 radical (unpaired) electrons. The molecule has 0 fully saturated rings. The predicted octanol–water partition coefficient (Wildman–Crippen LogP) is 4.27. The number of carbonyl (C=O) groups is 1. The summed E-state index contributed by atoms with van der Waals surface area (Å²) in [6.07, 6.45) is 0. The molecule has 1 aromatic heterocycles. The Morgan fingerprint density at radius 1 is 1.08 bits per heavy atom. The number of rotatable bonds is 1. The molecule has 4 rings (SSSR count). The second kappa shape index (κ2) is 5.69. The molecular weight excluding hydrogens is 323 g/mol. The zero-order valence-electron chi connectivity index (χ0n) is 12.9. The van der Waals surface area contributed by atoms with Crippen molar-refractivity contribution >= 4 is 38.2 Å². The Morgan fingerprint density at radius 2 is 1.92 bits per heavy atom. The number of aromatic nitrogens is 1. The molecule has 0 saturated carbocycles. The minimum atomic E-state index is -0.444. The second-order valence-corrected chi connectivity index (χ2v) is 6.48. The monoisotopic (exact) mass is 336 g/mol. The molecule has 0 atom stereocenters. The van der Waals surface area contributed by atoms with Crippen molar-refractivity contribution in [2.24, 2.45) is 12.0 Å². The van der Waals surface area contributed by atoms with Gasteiger partial charge in [-0.15, -0.1) is 0 Å². The number of carbonyl (C=O) groups excluding carboxylic acids is 1. The zero-order chi connectivity index (χ0) is 16.7. The van der Waals surface area contributed by atoms with E-state index in [9.17, 15) is 9.18 Å². The summed E-state index contributed by atoms with van der Waals surface area (Å²) in [4.78, 5) is 17.1. The third-order valence-electron chi connectivity index (χ3n) is 3.97. The third kappa shape index (κ3) is 2.43. The molecule has 1 heterocycles. The van der Waals surface area contributed by atoms with E-state index in [0.717, 1.165) is 21.0 Å². The van der Waals surface area contributed by atoms with Gasteiger partial charge < -0.3 is 4.57 Å².